The molecule has 0 amide bonds. The quantitative estimate of drug-likeness (QED) is 0.448. The van der Waals surface area contributed by atoms with Crippen LogP contribution in [0.15, 0.2) is 64.4 Å². The molecule has 0 aliphatic heterocycles. The van der Waals surface area contributed by atoms with E-state index in [0.29, 0.717) is 22.3 Å². The van der Waals surface area contributed by atoms with Crippen LogP contribution < -0.4 is 11.2 Å². The fourth-order valence-corrected chi connectivity index (χ4v) is 3.59. The number of nitrogens with zero attached hydrogens (tertiary/aromatic N) is 5. The van der Waals surface area contributed by atoms with Gasteiger partial charge in [-0.25, -0.2) is 14.6 Å². The highest BCUT2D eigenvalue weighted by Gasteiger charge is 2.17. The zero-order valence-electron chi connectivity index (χ0n) is 17.5. The highest BCUT2D eigenvalue weighted by Crippen LogP contribution is 2.27. The Kier molecular flexibility index (Phi) is 5.43. The Morgan fingerprint density at radius 1 is 1.03 bits per heavy atom. The molecule has 0 bridgehead atoms. The number of imidazole rings is 1. The molecule has 160 valence electrons. The van der Waals surface area contributed by atoms with Crippen LogP contribution in [-0.4, -0.2) is 31.3 Å². The van der Waals surface area contributed by atoms with Gasteiger partial charge in [0.1, 0.15) is 6.61 Å². The van der Waals surface area contributed by atoms with Gasteiger partial charge in [-0.15, -0.1) is 0 Å². The first kappa shape index (κ1) is 20.8. The fourth-order valence-electron chi connectivity index (χ4n) is 3.59. The second kappa shape index (κ2) is 8.35. The Balaban J connectivity index is 1.58. The van der Waals surface area contributed by atoms with Crippen LogP contribution in [0, 0.1) is 11.3 Å². The minimum Gasteiger partial charge on any atom is -0.460 e. The molecule has 32 heavy (non-hydrogen) atoms. The monoisotopic (exact) mass is 429 g/mol. The van der Waals surface area contributed by atoms with Crippen molar-refractivity contribution in [2.45, 2.75) is 6.54 Å². The van der Waals surface area contributed by atoms with Gasteiger partial charge >= 0.3 is 11.7 Å². The highest BCUT2D eigenvalue weighted by atomic mass is 16.5. The van der Waals surface area contributed by atoms with Crippen molar-refractivity contribution in [2.24, 2.45) is 14.1 Å². The zero-order valence-corrected chi connectivity index (χ0v) is 17.5. The van der Waals surface area contributed by atoms with Crippen molar-refractivity contribution in [1.29, 1.82) is 5.26 Å². The van der Waals surface area contributed by atoms with E-state index in [0.717, 1.165) is 4.57 Å². The van der Waals surface area contributed by atoms with Crippen molar-refractivity contribution in [3.05, 3.63) is 86.8 Å². The lowest BCUT2D eigenvalue weighted by molar-refractivity contribution is 0.0493. The molecule has 0 radical (unpaired) electrons. The molecule has 0 N–H and O–H groups in total. The van der Waals surface area contributed by atoms with E-state index in [-0.39, 0.29) is 24.3 Å². The first-order valence-electron chi connectivity index (χ1n) is 9.80. The summed E-state index contributed by atoms with van der Waals surface area (Å²) in [7, 11) is 2.94. The molecule has 4 rings (SSSR count). The Hall–Kier alpha value is -4.45. The number of benzene rings is 2. The molecule has 0 atom stereocenters. The third kappa shape index (κ3) is 3.48. The number of hydrogen-bond acceptors (Lipinski definition) is 6. The van der Waals surface area contributed by atoms with Gasteiger partial charge in [0, 0.05) is 19.7 Å². The van der Waals surface area contributed by atoms with Crippen LogP contribution in [0.1, 0.15) is 15.9 Å². The summed E-state index contributed by atoms with van der Waals surface area (Å²) in [5.41, 5.74) is 1.64. The third-order valence-corrected chi connectivity index (χ3v) is 5.27. The van der Waals surface area contributed by atoms with Crippen LogP contribution in [0.25, 0.3) is 22.3 Å². The van der Waals surface area contributed by atoms with E-state index < -0.39 is 17.2 Å². The molecule has 2 aromatic carbocycles. The molecule has 0 fully saturated rings. The zero-order chi connectivity index (χ0) is 22.8. The maximum Gasteiger partial charge on any atom is 0.338 e. The van der Waals surface area contributed by atoms with Crippen molar-refractivity contribution >= 4 is 17.1 Å². The van der Waals surface area contributed by atoms with Crippen molar-refractivity contribution in [1.82, 2.24) is 18.7 Å². The maximum atomic E-state index is 12.8. The van der Waals surface area contributed by atoms with Crippen LogP contribution in [0.3, 0.4) is 0 Å². The summed E-state index contributed by atoms with van der Waals surface area (Å²) < 4.78 is 9.32. The predicted octanol–water partition coefficient (Wildman–Crippen LogP) is 1.83. The van der Waals surface area contributed by atoms with Gasteiger partial charge in [0.15, 0.2) is 11.2 Å². The standard InChI is InChI=1S/C23H19N5O4/c1-26-20-19(21(29)27(2)23(26)31)28(14-25-20)11-12-32-22(30)18-10-6-5-9-17(18)16-8-4-3-7-15(16)13-24/h3-10,14H,11-12H2,1-2H3. The smallest absolute Gasteiger partial charge is 0.338 e. The number of ether oxygens (including phenoxy) is 1. The number of carbonyl (C=O) groups is 1. The second-order valence-electron chi connectivity index (χ2n) is 7.15. The van der Waals surface area contributed by atoms with Gasteiger partial charge in [-0.05, 0) is 17.7 Å². The van der Waals surface area contributed by atoms with Gasteiger partial charge in [0.25, 0.3) is 5.56 Å². The number of hydrogen-bond donors (Lipinski definition) is 0. The molecule has 0 saturated carbocycles. The van der Waals surface area contributed by atoms with Crippen molar-refractivity contribution in [3.8, 4) is 17.2 Å². The van der Waals surface area contributed by atoms with Gasteiger partial charge in [-0.1, -0.05) is 36.4 Å². The van der Waals surface area contributed by atoms with Crippen LogP contribution in [-0.2, 0) is 25.4 Å². The Bertz CT molecular complexity index is 1500. The highest BCUT2D eigenvalue weighted by molar-refractivity contribution is 5.98. The van der Waals surface area contributed by atoms with Crippen molar-refractivity contribution in [2.75, 3.05) is 6.61 Å². The van der Waals surface area contributed by atoms with Crippen molar-refractivity contribution < 1.29 is 9.53 Å². The van der Waals surface area contributed by atoms with Crippen LogP contribution in [0.2, 0.25) is 0 Å². The lowest BCUT2D eigenvalue weighted by Gasteiger charge is -2.11. The van der Waals surface area contributed by atoms with E-state index >= 15 is 0 Å². The summed E-state index contributed by atoms with van der Waals surface area (Å²) in [5.74, 6) is -0.543. The van der Waals surface area contributed by atoms with E-state index in [4.69, 9.17) is 4.74 Å². The fraction of sp³-hybridized carbons (Fsp3) is 0.174. The predicted molar refractivity (Wildman–Crippen MR) is 117 cm³/mol. The minimum atomic E-state index is -0.543. The molecule has 0 aliphatic carbocycles. The van der Waals surface area contributed by atoms with E-state index in [9.17, 15) is 19.6 Å². The van der Waals surface area contributed by atoms with Gasteiger partial charge in [-0.2, -0.15) is 5.26 Å². The van der Waals surface area contributed by atoms with Gasteiger partial charge in [0.2, 0.25) is 0 Å². The largest absolute Gasteiger partial charge is 0.460 e. The maximum absolute atomic E-state index is 12.8. The Morgan fingerprint density at radius 2 is 1.72 bits per heavy atom. The average molecular weight is 429 g/mol. The molecule has 9 nitrogen and oxygen atoms in total. The molecule has 9 heteroatoms. The number of fused-ring (bicyclic) bond motifs is 1. The summed E-state index contributed by atoms with van der Waals surface area (Å²) in [5, 5.41) is 9.40. The number of carbonyl (C=O) groups excluding carboxylic acids is 1. The van der Waals surface area contributed by atoms with Crippen LogP contribution in [0.4, 0.5) is 0 Å². The molecule has 4 aromatic rings. The van der Waals surface area contributed by atoms with E-state index in [2.05, 4.69) is 11.1 Å². The van der Waals surface area contributed by atoms with E-state index in [1.165, 1.54) is 25.0 Å². The summed E-state index contributed by atoms with van der Waals surface area (Å²) in [6.45, 7) is 0.178. The van der Waals surface area contributed by atoms with Gasteiger partial charge < -0.3 is 9.30 Å². The number of aromatic nitrogens is 4. The molecular weight excluding hydrogens is 410 g/mol. The normalized spacial score (nSPS) is 10.8. The molecule has 0 aliphatic rings. The van der Waals surface area contributed by atoms with Gasteiger partial charge in [-0.3, -0.25) is 13.9 Å². The first-order valence-corrected chi connectivity index (χ1v) is 9.80. The average Bonchev–Trinajstić information content (AvgIpc) is 3.25. The molecule has 2 heterocycles. The lowest BCUT2D eigenvalue weighted by Crippen LogP contribution is -2.37. The van der Waals surface area contributed by atoms with Crippen LogP contribution in [0.5, 0.6) is 0 Å². The third-order valence-electron chi connectivity index (χ3n) is 5.27. The first-order chi connectivity index (χ1) is 15.4. The Labute approximate surface area is 182 Å². The van der Waals surface area contributed by atoms with Gasteiger partial charge in [0.05, 0.1) is 30.1 Å². The van der Waals surface area contributed by atoms with E-state index in [1.54, 1.807) is 53.1 Å². The number of nitriles is 1. The summed E-state index contributed by atoms with van der Waals surface area (Å²) in [4.78, 5) is 41.5. The topological polar surface area (TPSA) is 112 Å². The summed E-state index contributed by atoms with van der Waals surface area (Å²) >= 11 is 0. The van der Waals surface area contributed by atoms with Crippen molar-refractivity contribution in [3.63, 3.8) is 0 Å². The molecule has 0 unspecified atom stereocenters. The number of aryl methyl sites for hydroxylation is 1. The minimum absolute atomic E-state index is 0.00941. The molecule has 2 aromatic heterocycles. The number of esters is 1. The van der Waals surface area contributed by atoms with E-state index in [1.807, 2.05) is 0 Å². The summed E-state index contributed by atoms with van der Waals surface area (Å²) in [6, 6.07) is 16.1. The second-order valence-corrected chi connectivity index (χ2v) is 7.15. The Morgan fingerprint density at radius 3 is 2.47 bits per heavy atom. The molecule has 0 spiro atoms. The number of rotatable bonds is 5. The lowest BCUT2D eigenvalue weighted by atomic mass is 9.96. The summed E-state index contributed by atoms with van der Waals surface area (Å²) in [6.07, 6.45) is 1.44. The molecule has 0 saturated heterocycles. The van der Waals surface area contributed by atoms with Crippen LogP contribution >= 0.6 is 0 Å². The molecular formula is C23H19N5O4. The SMILES string of the molecule is Cn1c(=O)c2c(ncn2CCOC(=O)c2ccccc2-c2ccccc2C#N)n(C)c1=O.